The van der Waals surface area contributed by atoms with Crippen LogP contribution >= 0.6 is 11.6 Å². The second-order valence-electron chi connectivity index (χ2n) is 3.89. The van der Waals surface area contributed by atoms with Gasteiger partial charge in [0.05, 0.1) is 15.6 Å². The highest BCUT2D eigenvalue weighted by Crippen LogP contribution is 2.26. The summed E-state index contributed by atoms with van der Waals surface area (Å²) in [7, 11) is 0. The van der Waals surface area contributed by atoms with E-state index >= 15 is 0 Å². The van der Waals surface area contributed by atoms with Crippen LogP contribution in [0, 0.1) is 10.1 Å². The molecular formula is C13H9ClN2O4. The molecule has 2 aromatic rings. The monoisotopic (exact) mass is 292 g/mol. The number of phenols is 1. The molecule has 0 radical (unpaired) electrons. The van der Waals surface area contributed by atoms with E-state index in [0.717, 1.165) is 18.2 Å². The lowest BCUT2D eigenvalue weighted by molar-refractivity contribution is -0.385. The van der Waals surface area contributed by atoms with Crippen molar-refractivity contribution in [1.82, 2.24) is 0 Å². The molecule has 102 valence electrons. The summed E-state index contributed by atoms with van der Waals surface area (Å²) < 4.78 is 0. The molecule has 6 nitrogen and oxygen atoms in total. The molecule has 0 unspecified atom stereocenters. The molecule has 0 aromatic heterocycles. The van der Waals surface area contributed by atoms with Crippen LogP contribution in [0.3, 0.4) is 0 Å². The maximum absolute atomic E-state index is 12.1. The standard InChI is InChI=1S/C13H9ClN2O4/c14-10-3-1-2-4-11(10)15-13(18)9-7-8(17)5-6-12(9)16(19)20/h1-7,17H,(H,15,18). The number of rotatable bonds is 3. The fraction of sp³-hybridized carbons (Fsp3) is 0. The Morgan fingerprint density at radius 3 is 2.60 bits per heavy atom. The molecule has 0 saturated heterocycles. The predicted molar refractivity (Wildman–Crippen MR) is 74.2 cm³/mol. The van der Waals surface area contributed by atoms with E-state index in [1.165, 1.54) is 0 Å². The molecule has 2 rings (SSSR count). The topological polar surface area (TPSA) is 92.5 Å². The van der Waals surface area contributed by atoms with Crippen LogP contribution in [0.5, 0.6) is 5.75 Å². The van der Waals surface area contributed by atoms with Crippen molar-refractivity contribution in [3.05, 3.63) is 63.2 Å². The smallest absolute Gasteiger partial charge is 0.282 e. The van der Waals surface area contributed by atoms with E-state index in [1.807, 2.05) is 0 Å². The normalized spacial score (nSPS) is 10.1. The largest absolute Gasteiger partial charge is 0.508 e. The van der Waals surface area contributed by atoms with Crippen LogP contribution in [0.4, 0.5) is 11.4 Å². The number of nitro groups is 1. The molecule has 20 heavy (non-hydrogen) atoms. The molecule has 0 saturated carbocycles. The highest BCUT2D eigenvalue weighted by molar-refractivity contribution is 6.34. The van der Waals surface area contributed by atoms with Gasteiger partial charge in [-0.05, 0) is 24.3 Å². The van der Waals surface area contributed by atoms with Crippen LogP contribution in [-0.2, 0) is 0 Å². The molecule has 0 aliphatic heterocycles. The molecule has 2 aromatic carbocycles. The zero-order valence-electron chi connectivity index (χ0n) is 10.0. The molecule has 0 fully saturated rings. The van der Waals surface area contributed by atoms with Gasteiger partial charge in [0.25, 0.3) is 11.6 Å². The summed E-state index contributed by atoms with van der Waals surface area (Å²) in [6.45, 7) is 0. The molecule has 0 aliphatic rings. The Hall–Kier alpha value is -2.60. The van der Waals surface area contributed by atoms with E-state index in [-0.39, 0.29) is 11.3 Å². The predicted octanol–water partition coefficient (Wildman–Crippen LogP) is 3.21. The van der Waals surface area contributed by atoms with Gasteiger partial charge in [0.15, 0.2) is 0 Å². The number of phenolic OH excluding ortho intramolecular Hbond substituents is 1. The van der Waals surface area contributed by atoms with Gasteiger partial charge in [-0.3, -0.25) is 14.9 Å². The van der Waals surface area contributed by atoms with Crippen molar-refractivity contribution in [1.29, 1.82) is 0 Å². The van der Waals surface area contributed by atoms with Gasteiger partial charge in [-0.1, -0.05) is 23.7 Å². The van der Waals surface area contributed by atoms with Crippen LogP contribution in [0.15, 0.2) is 42.5 Å². The second-order valence-corrected chi connectivity index (χ2v) is 4.30. The average Bonchev–Trinajstić information content (AvgIpc) is 2.40. The van der Waals surface area contributed by atoms with Gasteiger partial charge in [0.1, 0.15) is 11.3 Å². The van der Waals surface area contributed by atoms with E-state index in [1.54, 1.807) is 24.3 Å². The number of para-hydroxylation sites is 1. The number of halogens is 1. The lowest BCUT2D eigenvalue weighted by atomic mass is 10.1. The third-order valence-electron chi connectivity index (χ3n) is 2.54. The molecule has 0 heterocycles. The summed E-state index contributed by atoms with van der Waals surface area (Å²) in [5.74, 6) is -0.958. The van der Waals surface area contributed by atoms with Crippen LogP contribution in [0.1, 0.15) is 10.4 Å². The molecule has 1 amide bonds. The fourth-order valence-corrected chi connectivity index (χ4v) is 1.80. The molecule has 0 aliphatic carbocycles. The van der Waals surface area contributed by atoms with Crippen molar-refractivity contribution in [2.45, 2.75) is 0 Å². The quantitative estimate of drug-likeness (QED) is 0.671. The summed E-state index contributed by atoms with van der Waals surface area (Å²) in [5.41, 5.74) is -0.306. The lowest BCUT2D eigenvalue weighted by Crippen LogP contribution is -2.14. The number of aromatic hydroxyl groups is 1. The van der Waals surface area contributed by atoms with Gasteiger partial charge in [-0.2, -0.15) is 0 Å². The number of hydrogen-bond acceptors (Lipinski definition) is 4. The van der Waals surface area contributed by atoms with Crippen molar-refractivity contribution in [2.75, 3.05) is 5.32 Å². The minimum atomic E-state index is -0.722. The summed E-state index contributed by atoms with van der Waals surface area (Å²) >= 11 is 5.89. The first-order chi connectivity index (χ1) is 9.49. The first-order valence-corrected chi connectivity index (χ1v) is 5.90. The Bertz CT molecular complexity index is 688. The second kappa shape index (κ2) is 5.58. The number of hydrogen-bond donors (Lipinski definition) is 2. The zero-order chi connectivity index (χ0) is 14.7. The van der Waals surface area contributed by atoms with Gasteiger partial charge in [-0.15, -0.1) is 0 Å². The number of amides is 1. The molecule has 0 spiro atoms. The van der Waals surface area contributed by atoms with Gasteiger partial charge in [0.2, 0.25) is 0 Å². The Kier molecular flexibility index (Phi) is 3.86. The van der Waals surface area contributed by atoms with Gasteiger partial charge in [0, 0.05) is 6.07 Å². The molecular weight excluding hydrogens is 284 g/mol. The third-order valence-corrected chi connectivity index (χ3v) is 2.87. The minimum absolute atomic E-state index is 0.236. The SMILES string of the molecule is O=C(Nc1ccccc1Cl)c1cc(O)ccc1[N+](=O)[O-]. The Balaban J connectivity index is 2.37. The lowest BCUT2D eigenvalue weighted by Gasteiger charge is -2.07. The number of nitro benzene ring substituents is 1. The number of nitrogens with zero attached hydrogens (tertiary/aromatic N) is 1. The molecule has 0 atom stereocenters. The van der Waals surface area contributed by atoms with Crippen molar-refractivity contribution in [3.63, 3.8) is 0 Å². The minimum Gasteiger partial charge on any atom is -0.508 e. The van der Waals surface area contributed by atoms with Crippen molar-refractivity contribution in [2.24, 2.45) is 0 Å². The van der Waals surface area contributed by atoms with E-state index in [0.29, 0.717) is 10.7 Å². The average molecular weight is 293 g/mol. The van der Waals surface area contributed by atoms with Gasteiger partial charge >= 0.3 is 0 Å². The number of carbonyl (C=O) groups excluding carboxylic acids is 1. The van der Waals surface area contributed by atoms with Crippen molar-refractivity contribution >= 4 is 28.9 Å². The van der Waals surface area contributed by atoms with E-state index < -0.39 is 16.5 Å². The van der Waals surface area contributed by atoms with Crippen LogP contribution in [0.25, 0.3) is 0 Å². The fourth-order valence-electron chi connectivity index (χ4n) is 1.62. The maximum atomic E-state index is 12.1. The Labute approximate surface area is 118 Å². The van der Waals surface area contributed by atoms with Gasteiger partial charge in [-0.25, -0.2) is 0 Å². The molecule has 2 N–H and O–H groups in total. The number of nitrogens with one attached hydrogen (secondary N) is 1. The summed E-state index contributed by atoms with van der Waals surface area (Å²) in [4.78, 5) is 22.2. The van der Waals surface area contributed by atoms with Crippen LogP contribution < -0.4 is 5.32 Å². The highest BCUT2D eigenvalue weighted by Gasteiger charge is 2.21. The highest BCUT2D eigenvalue weighted by atomic mass is 35.5. The maximum Gasteiger partial charge on any atom is 0.282 e. The van der Waals surface area contributed by atoms with E-state index in [4.69, 9.17) is 11.6 Å². The number of carbonyl (C=O) groups is 1. The third kappa shape index (κ3) is 2.86. The molecule has 0 bridgehead atoms. The number of benzene rings is 2. The van der Waals surface area contributed by atoms with Gasteiger partial charge < -0.3 is 10.4 Å². The summed E-state index contributed by atoms with van der Waals surface area (Å²) in [5, 5.41) is 23.0. The van der Waals surface area contributed by atoms with Crippen molar-refractivity contribution < 1.29 is 14.8 Å². The zero-order valence-corrected chi connectivity index (χ0v) is 10.8. The van der Waals surface area contributed by atoms with Crippen molar-refractivity contribution in [3.8, 4) is 5.75 Å². The summed E-state index contributed by atoms with van der Waals surface area (Å²) in [6.07, 6.45) is 0. The van der Waals surface area contributed by atoms with E-state index in [9.17, 15) is 20.0 Å². The molecule has 7 heteroatoms. The Morgan fingerprint density at radius 2 is 1.95 bits per heavy atom. The van der Waals surface area contributed by atoms with Crippen LogP contribution in [0.2, 0.25) is 5.02 Å². The van der Waals surface area contributed by atoms with Crippen LogP contribution in [-0.4, -0.2) is 15.9 Å². The first kappa shape index (κ1) is 13.8. The number of anilines is 1. The van der Waals surface area contributed by atoms with E-state index in [2.05, 4.69) is 5.32 Å². The summed E-state index contributed by atoms with van der Waals surface area (Å²) in [6, 6.07) is 9.74. The first-order valence-electron chi connectivity index (χ1n) is 5.52. The Morgan fingerprint density at radius 1 is 1.25 bits per heavy atom.